The van der Waals surface area contributed by atoms with E-state index in [2.05, 4.69) is 26.7 Å². The van der Waals surface area contributed by atoms with Crippen molar-refractivity contribution in [2.45, 2.75) is 13.0 Å². The van der Waals surface area contributed by atoms with Crippen LogP contribution in [-0.4, -0.2) is 34.1 Å². The summed E-state index contributed by atoms with van der Waals surface area (Å²) in [4.78, 5) is 20.1. The van der Waals surface area contributed by atoms with Gasteiger partial charge in [-0.25, -0.2) is 9.78 Å². The Labute approximate surface area is 156 Å². The van der Waals surface area contributed by atoms with Gasteiger partial charge in [-0.1, -0.05) is 6.07 Å². The Kier molecular flexibility index (Phi) is 4.52. The van der Waals surface area contributed by atoms with Crippen LogP contribution in [0.15, 0.2) is 55.0 Å². The molecule has 7 heteroatoms. The minimum absolute atomic E-state index is 0.256. The largest absolute Gasteiger partial charge is 0.382 e. The zero-order chi connectivity index (χ0) is 18.8. The molecule has 0 aliphatic carbocycles. The van der Waals surface area contributed by atoms with Gasteiger partial charge in [-0.05, 0) is 48.2 Å². The number of hydrogen-bond donors (Lipinski definition) is 3. The van der Waals surface area contributed by atoms with Gasteiger partial charge in [0.25, 0.3) is 0 Å². The van der Waals surface area contributed by atoms with E-state index in [1.54, 1.807) is 7.11 Å². The molecule has 3 heterocycles. The number of methoxy groups -OCH3 is 1. The van der Waals surface area contributed by atoms with Crippen LogP contribution in [0.25, 0.3) is 16.6 Å². The summed E-state index contributed by atoms with van der Waals surface area (Å²) in [6.45, 7) is 2.31. The molecule has 0 radical (unpaired) electrons. The Morgan fingerprint density at radius 3 is 3.00 bits per heavy atom. The molecule has 0 bridgehead atoms. The van der Waals surface area contributed by atoms with Gasteiger partial charge in [0.1, 0.15) is 5.65 Å². The van der Waals surface area contributed by atoms with Gasteiger partial charge in [0.05, 0.1) is 24.0 Å². The Balaban J connectivity index is 1.50. The maximum Gasteiger partial charge on any atom is 0.319 e. The fraction of sp³-hybridized carbons (Fsp3) is 0.200. The molecule has 0 saturated carbocycles. The van der Waals surface area contributed by atoms with E-state index < -0.39 is 0 Å². The third kappa shape index (κ3) is 3.63. The number of nitrogens with zero attached hydrogens (tertiary/aromatic N) is 2. The molecule has 0 aliphatic heterocycles. The third-order valence-electron chi connectivity index (χ3n) is 4.45. The van der Waals surface area contributed by atoms with E-state index in [1.807, 2.05) is 60.2 Å². The van der Waals surface area contributed by atoms with Crippen molar-refractivity contribution in [2.24, 2.45) is 0 Å². The number of anilines is 1. The first-order valence-corrected chi connectivity index (χ1v) is 8.71. The predicted octanol–water partition coefficient (Wildman–Crippen LogP) is 3.63. The van der Waals surface area contributed by atoms with Crippen LogP contribution in [0.3, 0.4) is 0 Å². The van der Waals surface area contributed by atoms with Crippen molar-refractivity contribution in [3.8, 4) is 0 Å². The van der Waals surface area contributed by atoms with Crippen molar-refractivity contribution in [3.63, 3.8) is 0 Å². The van der Waals surface area contributed by atoms with Crippen LogP contribution in [0, 0.1) is 6.92 Å². The van der Waals surface area contributed by atoms with Crippen LogP contribution in [0.2, 0.25) is 0 Å². The molecule has 4 aromatic rings. The van der Waals surface area contributed by atoms with Gasteiger partial charge < -0.3 is 24.8 Å². The second kappa shape index (κ2) is 7.13. The summed E-state index contributed by atoms with van der Waals surface area (Å²) in [6.07, 6.45) is 5.65. The first-order valence-electron chi connectivity index (χ1n) is 8.71. The molecule has 0 saturated heterocycles. The molecular weight excluding hydrogens is 342 g/mol. The SMILES string of the molecule is COCC(NC(=O)Nc1ccc2nc(C)cn2c1)c1ccc2[nH]ccc2c1. The third-order valence-corrected chi connectivity index (χ3v) is 4.45. The van der Waals surface area contributed by atoms with Gasteiger partial charge in [-0.2, -0.15) is 0 Å². The lowest BCUT2D eigenvalue weighted by molar-refractivity contribution is 0.168. The van der Waals surface area contributed by atoms with Crippen LogP contribution in [0.5, 0.6) is 0 Å². The number of aryl methyl sites for hydroxylation is 1. The van der Waals surface area contributed by atoms with Gasteiger partial charge in [-0.15, -0.1) is 0 Å². The summed E-state index contributed by atoms with van der Waals surface area (Å²) in [5, 5.41) is 6.95. The van der Waals surface area contributed by atoms with Crippen LogP contribution in [-0.2, 0) is 4.74 Å². The summed E-state index contributed by atoms with van der Waals surface area (Å²) in [6, 6.07) is 11.2. The number of amides is 2. The molecule has 1 aromatic carbocycles. The molecule has 0 fully saturated rings. The Morgan fingerprint density at radius 1 is 1.26 bits per heavy atom. The van der Waals surface area contributed by atoms with E-state index in [0.717, 1.165) is 27.8 Å². The summed E-state index contributed by atoms with van der Waals surface area (Å²) in [7, 11) is 1.62. The molecule has 1 atom stereocenters. The average Bonchev–Trinajstić information content (AvgIpc) is 3.25. The summed E-state index contributed by atoms with van der Waals surface area (Å²) >= 11 is 0. The average molecular weight is 363 g/mol. The van der Waals surface area contributed by atoms with E-state index in [1.165, 1.54) is 0 Å². The lowest BCUT2D eigenvalue weighted by Crippen LogP contribution is -2.34. The summed E-state index contributed by atoms with van der Waals surface area (Å²) in [5.74, 6) is 0. The second-order valence-corrected chi connectivity index (χ2v) is 6.50. The molecule has 4 rings (SSSR count). The number of ether oxygens (including phenoxy) is 1. The second-order valence-electron chi connectivity index (χ2n) is 6.50. The molecule has 3 aromatic heterocycles. The van der Waals surface area contributed by atoms with Crippen molar-refractivity contribution in [2.75, 3.05) is 19.0 Å². The zero-order valence-corrected chi connectivity index (χ0v) is 15.2. The van der Waals surface area contributed by atoms with E-state index in [9.17, 15) is 4.79 Å². The number of carbonyl (C=O) groups is 1. The highest BCUT2D eigenvalue weighted by atomic mass is 16.5. The lowest BCUT2D eigenvalue weighted by atomic mass is 10.1. The highest BCUT2D eigenvalue weighted by Gasteiger charge is 2.15. The predicted molar refractivity (Wildman–Crippen MR) is 105 cm³/mol. The Morgan fingerprint density at radius 2 is 2.15 bits per heavy atom. The number of pyridine rings is 1. The van der Waals surface area contributed by atoms with Gasteiger partial charge in [-0.3, -0.25) is 0 Å². The molecule has 2 amide bonds. The summed E-state index contributed by atoms with van der Waals surface area (Å²) in [5.41, 5.74) is 4.50. The van der Waals surface area contributed by atoms with E-state index in [4.69, 9.17) is 4.74 Å². The number of H-pyrrole nitrogens is 1. The number of imidazole rings is 1. The molecule has 7 nitrogen and oxygen atoms in total. The fourth-order valence-electron chi connectivity index (χ4n) is 3.19. The normalized spacial score (nSPS) is 12.4. The highest BCUT2D eigenvalue weighted by molar-refractivity contribution is 5.89. The van der Waals surface area contributed by atoms with E-state index in [0.29, 0.717) is 12.3 Å². The molecule has 27 heavy (non-hydrogen) atoms. The first kappa shape index (κ1) is 17.1. The molecular formula is C20H21N5O2. The lowest BCUT2D eigenvalue weighted by Gasteiger charge is -2.19. The molecule has 1 unspecified atom stereocenters. The topological polar surface area (TPSA) is 83.4 Å². The van der Waals surface area contributed by atoms with Gasteiger partial charge in [0, 0.05) is 31.2 Å². The number of nitrogens with one attached hydrogen (secondary N) is 3. The number of carbonyl (C=O) groups excluding carboxylic acids is 1. The van der Waals surface area contributed by atoms with Crippen molar-refractivity contribution in [3.05, 3.63) is 66.2 Å². The minimum atomic E-state index is -0.289. The number of fused-ring (bicyclic) bond motifs is 2. The Hall–Kier alpha value is -3.32. The van der Waals surface area contributed by atoms with Crippen LogP contribution in [0.4, 0.5) is 10.5 Å². The number of aromatic nitrogens is 3. The number of urea groups is 1. The number of hydrogen-bond acceptors (Lipinski definition) is 3. The molecule has 138 valence electrons. The van der Waals surface area contributed by atoms with Gasteiger partial charge in [0.15, 0.2) is 0 Å². The van der Waals surface area contributed by atoms with E-state index >= 15 is 0 Å². The Bertz CT molecular complexity index is 1100. The number of rotatable bonds is 5. The van der Waals surface area contributed by atoms with Crippen LogP contribution in [0.1, 0.15) is 17.3 Å². The quantitative estimate of drug-likeness (QED) is 0.506. The molecule has 3 N–H and O–H groups in total. The summed E-state index contributed by atoms with van der Waals surface area (Å²) < 4.78 is 7.19. The maximum atomic E-state index is 12.5. The van der Waals surface area contributed by atoms with Gasteiger partial charge in [0.2, 0.25) is 0 Å². The fourth-order valence-corrected chi connectivity index (χ4v) is 3.19. The monoisotopic (exact) mass is 363 g/mol. The smallest absolute Gasteiger partial charge is 0.319 e. The van der Waals surface area contributed by atoms with Gasteiger partial charge >= 0.3 is 6.03 Å². The first-order chi connectivity index (χ1) is 13.1. The van der Waals surface area contributed by atoms with E-state index in [-0.39, 0.29) is 12.1 Å². The van der Waals surface area contributed by atoms with Crippen molar-refractivity contribution < 1.29 is 9.53 Å². The van der Waals surface area contributed by atoms with Crippen LogP contribution >= 0.6 is 0 Å². The molecule has 0 spiro atoms. The zero-order valence-electron chi connectivity index (χ0n) is 15.2. The maximum absolute atomic E-state index is 12.5. The molecule has 0 aliphatic rings. The van der Waals surface area contributed by atoms with Crippen LogP contribution < -0.4 is 10.6 Å². The standard InChI is InChI=1S/C20H21N5O2/c1-13-10-25-11-16(4-6-19(25)22-13)23-20(26)24-18(12-27-2)14-3-5-17-15(9-14)7-8-21-17/h3-11,18,21H,12H2,1-2H3,(H2,23,24,26). The van der Waals surface area contributed by atoms with Crippen molar-refractivity contribution in [1.29, 1.82) is 0 Å². The number of aromatic amines is 1. The minimum Gasteiger partial charge on any atom is -0.382 e. The number of benzene rings is 1. The highest BCUT2D eigenvalue weighted by Crippen LogP contribution is 2.20. The van der Waals surface area contributed by atoms with Crippen molar-refractivity contribution >= 4 is 28.3 Å². The van der Waals surface area contributed by atoms with Crippen molar-refractivity contribution in [1.82, 2.24) is 19.7 Å².